The van der Waals surface area contributed by atoms with Crippen LogP contribution < -0.4 is 5.32 Å². The molecule has 5 aromatic heterocycles. The summed E-state index contributed by atoms with van der Waals surface area (Å²) in [6, 6.07) is 44.9. The lowest BCUT2D eigenvalue weighted by atomic mass is 10.0. The predicted octanol–water partition coefficient (Wildman–Crippen LogP) is 9.91. The Balaban J connectivity index is 0.973. The van der Waals surface area contributed by atoms with Gasteiger partial charge in [0.2, 0.25) is 0 Å². The predicted molar refractivity (Wildman–Crippen MR) is 200 cm³/mol. The maximum Gasteiger partial charge on any atom is 0.0873 e. The van der Waals surface area contributed by atoms with Gasteiger partial charge >= 0.3 is 0 Å². The zero-order valence-electron chi connectivity index (χ0n) is 26.5. The van der Waals surface area contributed by atoms with Crippen molar-refractivity contribution in [3.05, 3.63) is 175 Å². The minimum absolute atomic E-state index is 0.0704. The lowest BCUT2D eigenvalue weighted by Gasteiger charge is -2.23. The van der Waals surface area contributed by atoms with Crippen molar-refractivity contribution in [3.63, 3.8) is 0 Å². The molecule has 0 aliphatic carbocycles. The van der Waals surface area contributed by atoms with Crippen LogP contribution >= 0.6 is 0 Å². The Morgan fingerprint density at radius 1 is 0.592 bits per heavy atom. The maximum atomic E-state index is 5.19. The van der Waals surface area contributed by atoms with Crippen LogP contribution in [0.15, 0.2) is 164 Å². The van der Waals surface area contributed by atoms with Gasteiger partial charge in [0.05, 0.1) is 45.0 Å². The monoisotopic (exact) mass is 630 g/mol. The van der Waals surface area contributed by atoms with Crippen molar-refractivity contribution in [2.24, 2.45) is 0 Å². The summed E-state index contributed by atoms with van der Waals surface area (Å²) in [5, 5.41) is 7.33. The van der Waals surface area contributed by atoms with Crippen molar-refractivity contribution in [2.75, 3.05) is 0 Å². The van der Waals surface area contributed by atoms with Crippen LogP contribution in [-0.4, -0.2) is 24.1 Å². The summed E-state index contributed by atoms with van der Waals surface area (Å²) in [5.41, 5.74) is 13.2. The smallest absolute Gasteiger partial charge is 0.0873 e. The van der Waals surface area contributed by atoms with Gasteiger partial charge in [0, 0.05) is 57.4 Å². The molecule has 1 aliphatic rings. The molecular weight excluding hydrogens is 601 g/mol. The average Bonchev–Trinajstić information content (AvgIpc) is 3.87. The number of hydrogen-bond donors (Lipinski definition) is 2. The van der Waals surface area contributed by atoms with Gasteiger partial charge in [-0.3, -0.25) is 9.97 Å². The zero-order chi connectivity index (χ0) is 32.3. The molecule has 49 heavy (non-hydrogen) atoms. The van der Waals surface area contributed by atoms with E-state index in [1.54, 1.807) is 0 Å². The third-order valence-electron chi connectivity index (χ3n) is 9.64. The number of dihydropyridines is 1. The van der Waals surface area contributed by atoms with Gasteiger partial charge in [-0.2, -0.15) is 0 Å². The molecule has 6 heteroatoms. The van der Waals surface area contributed by atoms with Crippen molar-refractivity contribution in [1.29, 1.82) is 0 Å². The van der Waals surface area contributed by atoms with E-state index in [0.717, 1.165) is 61.5 Å². The summed E-state index contributed by atoms with van der Waals surface area (Å²) in [6.45, 7) is 0. The molecule has 1 atom stereocenters. The van der Waals surface area contributed by atoms with Crippen molar-refractivity contribution in [2.45, 2.75) is 6.04 Å². The normalized spacial score (nSPS) is 14.5. The molecule has 6 nitrogen and oxygen atoms in total. The number of benzene rings is 4. The Labute approximate surface area is 282 Å². The van der Waals surface area contributed by atoms with E-state index in [4.69, 9.17) is 4.98 Å². The van der Waals surface area contributed by atoms with Crippen LogP contribution in [-0.2, 0) is 0 Å². The molecule has 0 saturated carbocycles. The molecule has 0 radical (unpaired) electrons. The molecule has 9 aromatic rings. The SMILES string of the molecule is C1=CC(c2cccc(-c3cccc(-n4c5ccccc5c5[nH]ccc54)c3)n2)NC(c2cccc(-n3c4ccccc4c4cnccc43)c2)=C1. The number of allylic oxidation sites excluding steroid dienone is 2. The number of aromatic nitrogens is 5. The van der Waals surface area contributed by atoms with E-state index in [-0.39, 0.29) is 6.04 Å². The number of pyridine rings is 2. The third kappa shape index (κ3) is 4.42. The summed E-state index contributed by atoms with van der Waals surface area (Å²) >= 11 is 0. The minimum Gasteiger partial charge on any atom is -0.373 e. The molecule has 232 valence electrons. The fraction of sp³-hybridized carbons (Fsp3) is 0.0233. The number of nitrogens with one attached hydrogen (secondary N) is 2. The molecule has 2 N–H and O–H groups in total. The van der Waals surface area contributed by atoms with E-state index in [1.807, 2.05) is 18.6 Å². The van der Waals surface area contributed by atoms with Gasteiger partial charge in [-0.25, -0.2) is 0 Å². The topological polar surface area (TPSA) is 63.5 Å². The molecular formula is C43H30N6. The first kappa shape index (κ1) is 27.5. The summed E-state index contributed by atoms with van der Waals surface area (Å²) in [6.07, 6.45) is 12.3. The van der Waals surface area contributed by atoms with Crippen molar-refractivity contribution in [3.8, 4) is 22.6 Å². The molecule has 0 saturated heterocycles. The van der Waals surface area contributed by atoms with E-state index < -0.39 is 0 Å². The number of rotatable bonds is 5. The van der Waals surface area contributed by atoms with Crippen molar-refractivity contribution in [1.82, 2.24) is 29.4 Å². The van der Waals surface area contributed by atoms with Crippen LogP contribution in [0.5, 0.6) is 0 Å². The first-order valence-electron chi connectivity index (χ1n) is 16.5. The average molecular weight is 631 g/mol. The highest BCUT2D eigenvalue weighted by atomic mass is 15.0. The molecule has 0 spiro atoms. The standard InChI is InChI=1S/C43H30N6/c1-3-19-39-32(13-1)34-27-44-23-21-41(34)48(39)30-11-5-9-28(25-30)35-15-7-17-37(46-35)38-18-8-16-36(47-38)29-10-6-12-31(26-29)49-40-20-4-2-14-33(40)43-42(49)22-24-45-43/h1-27,37,45-46H. The highest BCUT2D eigenvalue weighted by molar-refractivity contribution is 6.09. The summed E-state index contributed by atoms with van der Waals surface area (Å²) in [7, 11) is 0. The van der Waals surface area contributed by atoms with Gasteiger partial charge < -0.3 is 19.4 Å². The van der Waals surface area contributed by atoms with Gasteiger partial charge in [0.25, 0.3) is 0 Å². The van der Waals surface area contributed by atoms with E-state index in [2.05, 4.69) is 170 Å². The summed E-state index contributed by atoms with van der Waals surface area (Å²) in [5.74, 6) is 0. The molecule has 6 heterocycles. The molecule has 0 amide bonds. The zero-order valence-corrected chi connectivity index (χ0v) is 26.5. The number of aromatic amines is 1. The second-order valence-electron chi connectivity index (χ2n) is 12.5. The third-order valence-corrected chi connectivity index (χ3v) is 9.64. The quantitative estimate of drug-likeness (QED) is 0.199. The van der Waals surface area contributed by atoms with Crippen LogP contribution in [0, 0.1) is 0 Å². The minimum atomic E-state index is -0.0704. The first-order chi connectivity index (χ1) is 24.3. The molecule has 10 rings (SSSR count). The first-order valence-corrected chi connectivity index (χ1v) is 16.5. The van der Waals surface area contributed by atoms with E-state index in [0.29, 0.717) is 0 Å². The van der Waals surface area contributed by atoms with Gasteiger partial charge in [0.1, 0.15) is 0 Å². The Morgan fingerprint density at radius 3 is 2.18 bits per heavy atom. The number of fused-ring (bicyclic) bond motifs is 6. The lowest BCUT2D eigenvalue weighted by molar-refractivity contribution is 0.737. The number of hydrogen-bond acceptors (Lipinski definition) is 3. The van der Waals surface area contributed by atoms with Crippen molar-refractivity contribution >= 4 is 49.4 Å². The van der Waals surface area contributed by atoms with Crippen LogP contribution in [0.1, 0.15) is 17.3 Å². The van der Waals surface area contributed by atoms with Gasteiger partial charge in [-0.05, 0) is 72.3 Å². The van der Waals surface area contributed by atoms with Crippen LogP contribution in [0.2, 0.25) is 0 Å². The van der Waals surface area contributed by atoms with E-state index >= 15 is 0 Å². The van der Waals surface area contributed by atoms with Crippen LogP contribution in [0.3, 0.4) is 0 Å². The highest BCUT2D eigenvalue weighted by Crippen LogP contribution is 2.34. The Morgan fingerprint density at radius 2 is 1.31 bits per heavy atom. The van der Waals surface area contributed by atoms with E-state index in [9.17, 15) is 0 Å². The number of para-hydroxylation sites is 2. The fourth-order valence-electron chi connectivity index (χ4n) is 7.43. The van der Waals surface area contributed by atoms with Crippen molar-refractivity contribution < 1.29 is 0 Å². The summed E-state index contributed by atoms with van der Waals surface area (Å²) < 4.78 is 4.64. The molecule has 1 aliphatic heterocycles. The second-order valence-corrected chi connectivity index (χ2v) is 12.5. The maximum absolute atomic E-state index is 5.19. The number of H-pyrrole nitrogens is 1. The summed E-state index contributed by atoms with van der Waals surface area (Å²) in [4.78, 5) is 13.0. The Kier molecular flexibility index (Phi) is 6.14. The molecule has 4 aromatic carbocycles. The van der Waals surface area contributed by atoms with E-state index in [1.165, 1.54) is 21.8 Å². The highest BCUT2D eigenvalue weighted by Gasteiger charge is 2.18. The van der Waals surface area contributed by atoms with Crippen LogP contribution in [0.25, 0.3) is 72.1 Å². The fourth-order valence-corrected chi connectivity index (χ4v) is 7.43. The number of nitrogens with zero attached hydrogens (tertiary/aromatic N) is 4. The lowest BCUT2D eigenvalue weighted by Crippen LogP contribution is -2.21. The Hall–Kier alpha value is -6.66. The molecule has 0 bridgehead atoms. The van der Waals surface area contributed by atoms with Crippen LogP contribution in [0.4, 0.5) is 0 Å². The Bertz CT molecular complexity index is 2720. The van der Waals surface area contributed by atoms with Gasteiger partial charge in [0.15, 0.2) is 0 Å². The van der Waals surface area contributed by atoms with Gasteiger partial charge in [-0.1, -0.05) is 78.9 Å². The molecule has 1 unspecified atom stereocenters. The van der Waals surface area contributed by atoms with Gasteiger partial charge in [-0.15, -0.1) is 0 Å². The molecule has 0 fully saturated rings. The second kappa shape index (κ2) is 11.0. The largest absolute Gasteiger partial charge is 0.373 e.